The molecule has 0 aromatic carbocycles. The predicted molar refractivity (Wildman–Crippen MR) is 130 cm³/mol. The second-order valence-electron chi connectivity index (χ2n) is 14.3. The summed E-state index contributed by atoms with van der Waals surface area (Å²) in [6.07, 6.45) is 16.1. The number of allylic oxidation sites excluding steroid dienone is 1. The Morgan fingerprint density at radius 1 is 0.806 bits per heavy atom. The zero-order valence-electron chi connectivity index (χ0n) is 21.4. The summed E-state index contributed by atoms with van der Waals surface area (Å²) in [5.74, 6) is 3.83. The SMILES string of the molecule is C=C(C)[C@@H]1CC[C@]2(C)CC[C@]3(C)[C@H](CC[C@@H]4[C@@]5(C)CCCC(C)(C=O)[C@@H]5CC[C@]43C)[C@@H]12. The minimum atomic E-state index is -0.0896. The highest BCUT2D eigenvalue weighted by molar-refractivity contribution is 5.60. The molecule has 5 fully saturated rings. The molecule has 0 spiro atoms. The highest BCUT2D eigenvalue weighted by Crippen LogP contribution is 2.77. The van der Waals surface area contributed by atoms with Gasteiger partial charge in [-0.3, -0.25) is 0 Å². The maximum absolute atomic E-state index is 12.3. The van der Waals surface area contributed by atoms with Gasteiger partial charge in [0.05, 0.1) is 0 Å². The Bertz CT molecular complexity index is 783. The van der Waals surface area contributed by atoms with E-state index in [1.807, 2.05) is 0 Å². The van der Waals surface area contributed by atoms with Crippen LogP contribution < -0.4 is 0 Å². The number of fused-ring (bicyclic) bond motifs is 7. The summed E-state index contributed by atoms with van der Waals surface area (Å²) in [7, 11) is 0. The third-order valence-corrected chi connectivity index (χ3v) is 13.2. The lowest BCUT2D eigenvalue weighted by Gasteiger charge is -2.72. The monoisotopic (exact) mass is 424 g/mol. The average molecular weight is 425 g/mol. The first kappa shape index (κ1) is 22.2. The van der Waals surface area contributed by atoms with Gasteiger partial charge in [0.15, 0.2) is 0 Å². The van der Waals surface area contributed by atoms with E-state index >= 15 is 0 Å². The van der Waals surface area contributed by atoms with E-state index in [0.29, 0.717) is 27.6 Å². The molecule has 0 aromatic rings. The number of hydrogen-bond acceptors (Lipinski definition) is 1. The van der Waals surface area contributed by atoms with Crippen molar-refractivity contribution in [3.8, 4) is 0 Å². The van der Waals surface area contributed by atoms with E-state index < -0.39 is 0 Å². The van der Waals surface area contributed by atoms with Crippen molar-refractivity contribution in [2.24, 2.45) is 56.7 Å². The Balaban J connectivity index is 1.55. The third-order valence-electron chi connectivity index (χ3n) is 13.2. The lowest BCUT2D eigenvalue weighted by atomic mass is 9.32. The number of aldehydes is 1. The van der Waals surface area contributed by atoms with Crippen LogP contribution in [0.15, 0.2) is 12.2 Å². The second kappa shape index (κ2) is 6.73. The second-order valence-corrected chi connectivity index (χ2v) is 14.3. The molecular weight excluding hydrogens is 376 g/mol. The lowest BCUT2D eigenvalue weighted by Crippen LogP contribution is -2.65. The molecule has 0 aliphatic heterocycles. The van der Waals surface area contributed by atoms with E-state index in [9.17, 15) is 4.79 Å². The first-order valence-corrected chi connectivity index (χ1v) is 13.6. The first-order chi connectivity index (χ1) is 14.5. The van der Waals surface area contributed by atoms with Gasteiger partial charge in [0, 0.05) is 5.41 Å². The standard InChI is InChI=1S/C30H48O/c1-20(2)21-11-15-26(3)17-18-29(6)22(25(21)26)9-10-24-28(5)14-8-13-27(4,19-31)23(28)12-16-30(24,29)7/h19,21-25H,1,8-18H2,2-7H3/t21-,22+,23-,24+,25+,26+,27?,28-,29+,30+/m0/s1. The molecule has 174 valence electrons. The Hall–Kier alpha value is -0.590. The molecule has 0 radical (unpaired) electrons. The molecule has 5 aliphatic carbocycles. The summed E-state index contributed by atoms with van der Waals surface area (Å²) in [5, 5.41) is 0. The summed E-state index contributed by atoms with van der Waals surface area (Å²) in [6.45, 7) is 19.8. The normalized spacial score (nSPS) is 58.5. The Morgan fingerprint density at radius 3 is 2.23 bits per heavy atom. The van der Waals surface area contributed by atoms with Crippen LogP contribution in [0.4, 0.5) is 0 Å². The van der Waals surface area contributed by atoms with Gasteiger partial charge >= 0.3 is 0 Å². The van der Waals surface area contributed by atoms with Crippen LogP contribution in [0.25, 0.3) is 0 Å². The van der Waals surface area contributed by atoms with E-state index in [1.54, 1.807) is 0 Å². The van der Waals surface area contributed by atoms with Crippen LogP contribution in [-0.2, 0) is 4.79 Å². The van der Waals surface area contributed by atoms with E-state index in [2.05, 4.69) is 48.1 Å². The molecule has 1 heteroatoms. The van der Waals surface area contributed by atoms with Gasteiger partial charge in [-0.2, -0.15) is 0 Å². The highest BCUT2D eigenvalue weighted by Gasteiger charge is 2.69. The first-order valence-electron chi connectivity index (χ1n) is 13.6. The van der Waals surface area contributed by atoms with E-state index in [1.165, 1.54) is 76.1 Å². The summed E-state index contributed by atoms with van der Waals surface area (Å²) in [6, 6.07) is 0. The lowest BCUT2D eigenvalue weighted by molar-refractivity contribution is -0.233. The van der Waals surface area contributed by atoms with Gasteiger partial charge in [-0.15, -0.1) is 0 Å². The van der Waals surface area contributed by atoms with Crippen LogP contribution in [-0.4, -0.2) is 6.29 Å². The van der Waals surface area contributed by atoms with Crippen LogP contribution in [0.2, 0.25) is 0 Å². The summed E-state index contributed by atoms with van der Waals surface area (Å²) >= 11 is 0. The minimum Gasteiger partial charge on any atom is -0.303 e. The molecule has 1 nitrogen and oxygen atoms in total. The quantitative estimate of drug-likeness (QED) is 0.322. The fourth-order valence-corrected chi connectivity index (χ4v) is 11.5. The Morgan fingerprint density at radius 2 is 1.55 bits per heavy atom. The number of hydrogen-bond donors (Lipinski definition) is 0. The number of carbonyl (C=O) groups excluding carboxylic acids is 1. The molecule has 10 atom stereocenters. The molecule has 5 saturated carbocycles. The Kier molecular flexibility index (Phi) is 4.82. The zero-order chi connectivity index (χ0) is 22.4. The van der Waals surface area contributed by atoms with E-state index in [4.69, 9.17) is 0 Å². The maximum Gasteiger partial charge on any atom is 0.126 e. The van der Waals surface area contributed by atoms with Crippen LogP contribution in [0, 0.1) is 56.7 Å². The summed E-state index contributed by atoms with van der Waals surface area (Å²) < 4.78 is 0. The van der Waals surface area contributed by atoms with Crippen molar-refractivity contribution in [1.29, 1.82) is 0 Å². The van der Waals surface area contributed by atoms with Crippen LogP contribution in [0.5, 0.6) is 0 Å². The van der Waals surface area contributed by atoms with Crippen molar-refractivity contribution >= 4 is 6.29 Å². The molecule has 5 aliphatic rings. The molecular formula is C30H48O. The van der Waals surface area contributed by atoms with Gasteiger partial charge < -0.3 is 4.79 Å². The van der Waals surface area contributed by atoms with Gasteiger partial charge in [-0.05, 0) is 122 Å². The Labute approximate surface area is 192 Å². The van der Waals surface area contributed by atoms with Crippen molar-refractivity contribution in [1.82, 2.24) is 0 Å². The van der Waals surface area contributed by atoms with Crippen molar-refractivity contribution in [2.45, 2.75) is 112 Å². The van der Waals surface area contributed by atoms with Crippen molar-refractivity contribution in [3.63, 3.8) is 0 Å². The van der Waals surface area contributed by atoms with Gasteiger partial charge in [-0.1, -0.05) is 53.2 Å². The van der Waals surface area contributed by atoms with Gasteiger partial charge in [0.2, 0.25) is 0 Å². The molecule has 0 aromatic heterocycles. The van der Waals surface area contributed by atoms with Crippen molar-refractivity contribution in [2.75, 3.05) is 0 Å². The topological polar surface area (TPSA) is 17.1 Å². The van der Waals surface area contributed by atoms with Crippen LogP contribution in [0.1, 0.15) is 112 Å². The van der Waals surface area contributed by atoms with Gasteiger partial charge in [0.25, 0.3) is 0 Å². The van der Waals surface area contributed by atoms with Gasteiger partial charge in [-0.25, -0.2) is 0 Å². The fraction of sp³-hybridized carbons (Fsp3) is 0.900. The molecule has 0 saturated heterocycles. The molecule has 5 rings (SSSR count). The zero-order valence-corrected chi connectivity index (χ0v) is 21.4. The predicted octanol–water partition coefficient (Wildman–Crippen LogP) is 8.23. The van der Waals surface area contributed by atoms with E-state index in [0.717, 1.165) is 30.1 Å². The molecule has 0 amide bonds. The molecule has 0 N–H and O–H groups in total. The van der Waals surface area contributed by atoms with Crippen LogP contribution >= 0.6 is 0 Å². The number of rotatable bonds is 2. The fourth-order valence-electron chi connectivity index (χ4n) is 11.5. The van der Waals surface area contributed by atoms with Crippen molar-refractivity contribution in [3.05, 3.63) is 12.2 Å². The minimum absolute atomic E-state index is 0.0896. The smallest absolute Gasteiger partial charge is 0.126 e. The molecule has 0 heterocycles. The third kappa shape index (κ3) is 2.64. The van der Waals surface area contributed by atoms with Crippen LogP contribution in [0.3, 0.4) is 0 Å². The summed E-state index contributed by atoms with van der Waals surface area (Å²) in [4.78, 5) is 12.3. The largest absolute Gasteiger partial charge is 0.303 e. The number of carbonyl (C=O) groups is 1. The summed E-state index contributed by atoms with van der Waals surface area (Å²) in [5.41, 5.74) is 3.12. The highest BCUT2D eigenvalue weighted by atomic mass is 16.1. The molecule has 31 heavy (non-hydrogen) atoms. The molecule has 0 bridgehead atoms. The van der Waals surface area contributed by atoms with Crippen molar-refractivity contribution < 1.29 is 4.79 Å². The van der Waals surface area contributed by atoms with E-state index in [-0.39, 0.29) is 5.41 Å². The molecule has 1 unspecified atom stereocenters. The average Bonchev–Trinajstić information content (AvgIpc) is 3.06. The van der Waals surface area contributed by atoms with Gasteiger partial charge in [0.1, 0.15) is 6.29 Å². The maximum atomic E-state index is 12.3.